The molecule has 0 bridgehead atoms. The molecule has 0 aliphatic carbocycles. The van der Waals surface area contributed by atoms with Crippen molar-refractivity contribution in [3.8, 4) is 11.1 Å². The third-order valence-electron chi connectivity index (χ3n) is 4.44. The number of H-pyrrole nitrogens is 1. The normalized spacial score (nSPS) is 15.7. The second kappa shape index (κ2) is 7.11. The molecule has 1 aromatic heterocycles. The van der Waals surface area contributed by atoms with Crippen molar-refractivity contribution < 1.29 is 4.74 Å². The summed E-state index contributed by atoms with van der Waals surface area (Å²) in [4.78, 5) is 17.3. The van der Waals surface area contributed by atoms with Crippen molar-refractivity contribution in [1.82, 2.24) is 9.88 Å². The van der Waals surface area contributed by atoms with Gasteiger partial charge >= 0.3 is 0 Å². The van der Waals surface area contributed by atoms with E-state index >= 15 is 0 Å². The van der Waals surface area contributed by atoms with Crippen LogP contribution in [0.1, 0.15) is 23.7 Å². The predicted molar refractivity (Wildman–Crippen MR) is 92.7 cm³/mol. The number of nitrogens with one attached hydrogen (secondary N) is 1. The number of nitrogens with zero attached hydrogens (tertiary/aromatic N) is 1. The van der Waals surface area contributed by atoms with Gasteiger partial charge in [-0.3, -0.25) is 9.69 Å². The van der Waals surface area contributed by atoms with Crippen LogP contribution in [0, 0.1) is 6.92 Å². The Kier molecular flexibility index (Phi) is 4.94. The maximum absolute atomic E-state index is 11.9. The lowest BCUT2D eigenvalue weighted by Crippen LogP contribution is -2.35. The van der Waals surface area contributed by atoms with Gasteiger partial charge in [0.05, 0.1) is 13.2 Å². The van der Waals surface area contributed by atoms with Crippen LogP contribution in [0.4, 0.5) is 0 Å². The van der Waals surface area contributed by atoms with Gasteiger partial charge in [-0.05, 0) is 36.6 Å². The number of hydrogen-bond donors (Lipinski definition) is 1. The van der Waals surface area contributed by atoms with Crippen molar-refractivity contribution in [1.29, 1.82) is 0 Å². The Morgan fingerprint density at radius 2 is 2.00 bits per heavy atom. The van der Waals surface area contributed by atoms with E-state index in [1.807, 2.05) is 19.9 Å². The lowest BCUT2D eigenvalue weighted by atomic mass is 9.99. The maximum Gasteiger partial charge on any atom is 0.251 e. The Balaban J connectivity index is 1.88. The summed E-state index contributed by atoms with van der Waals surface area (Å²) < 4.78 is 5.41. The zero-order valence-corrected chi connectivity index (χ0v) is 13.9. The molecular weight excluding hydrogens is 288 g/mol. The number of aromatic nitrogens is 1. The van der Waals surface area contributed by atoms with Crippen LogP contribution in [0.25, 0.3) is 11.1 Å². The zero-order chi connectivity index (χ0) is 16.2. The molecule has 4 nitrogen and oxygen atoms in total. The summed E-state index contributed by atoms with van der Waals surface area (Å²) in [5, 5.41) is 0. The smallest absolute Gasteiger partial charge is 0.251 e. The minimum absolute atomic E-state index is 0.0261. The van der Waals surface area contributed by atoms with Crippen LogP contribution in [0.3, 0.4) is 0 Å². The second-order valence-corrected chi connectivity index (χ2v) is 6.10. The molecule has 0 radical (unpaired) electrons. The van der Waals surface area contributed by atoms with Gasteiger partial charge in [-0.15, -0.1) is 0 Å². The van der Waals surface area contributed by atoms with Crippen LogP contribution in [-0.2, 0) is 17.7 Å². The van der Waals surface area contributed by atoms with Crippen LogP contribution >= 0.6 is 0 Å². The number of hydrogen-bond acceptors (Lipinski definition) is 3. The molecule has 1 aromatic carbocycles. The molecule has 23 heavy (non-hydrogen) atoms. The summed E-state index contributed by atoms with van der Waals surface area (Å²) in [6.45, 7) is 8.53. The van der Waals surface area contributed by atoms with E-state index in [-0.39, 0.29) is 5.56 Å². The summed E-state index contributed by atoms with van der Waals surface area (Å²) in [6.07, 6.45) is 0.746. The lowest BCUT2D eigenvalue weighted by molar-refractivity contribution is 0.0342. The van der Waals surface area contributed by atoms with Crippen LogP contribution in [-0.4, -0.2) is 36.2 Å². The lowest BCUT2D eigenvalue weighted by Gasteiger charge is -2.26. The average molecular weight is 312 g/mol. The van der Waals surface area contributed by atoms with E-state index < -0.39 is 0 Å². The summed E-state index contributed by atoms with van der Waals surface area (Å²) in [6, 6.07) is 10.6. The molecule has 122 valence electrons. The average Bonchev–Trinajstić information content (AvgIpc) is 2.56. The highest BCUT2D eigenvalue weighted by Gasteiger charge is 2.12. The van der Waals surface area contributed by atoms with E-state index in [1.165, 1.54) is 11.1 Å². The molecule has 1 aliphatic rings. The topological polar surface area (TPSA) is 45.3 Å². The van der Waals surface area contributed by atoms with Gasteiger partial charge < -0.3 is 9.72 Å². The summed E-state index contributed by atoms with van der Waals surface area (Å²) in [5.41, 5.74) is 5.37. The number of aryl methyl sites for hydroxylation is 2. The van der Waals surface area contributed by atoms with Gasteiger partial charge in [-0.1, -0.05) is 25.1 Å². The van der Waals surface area contributed by atoms with Crippen LogP contribution in [0.15, 0.2) is 35.1 Å². The number of rotatable bonds is 4. The van der Waals surface area contributed by atoms with Gasteiger partial charge in [0.1, 0.15) is 0 Å². The molecular formula is C19H24N2O2. The molecule has 2 heterocycles. The van der Waals surface area contributed by atoms with Crippen molar-refractivity contribution in [2.75, 3.05) is 26.3 Å². The van der Waals surface area contributed by atoms with Gasteiger partial charge in [-0.2, -0.15) is 0 Å². The van der Waals surface area contributed by atoms with Gasteiger partial charge in [0.25, 0.3) is 5.56 Å². The molecule has 1 aliphatic heterocycles. The van der Waals surface area contributed by atoms with Gasteiger partial charge in [0, 0.05) is 36.5 Å². The van der Waals surface area contributed by atoms with Gasteiger partial charge in [0.15, 0.2) is 0 Å². The predicted octanol–water partition coefficient (Wildman–Crippen LogP) is 2.74. The van der Waals surface area contributed by atoms with Gasteiger partial charge in [-0.25, -0.2) is 0 Å². The number of pyridine rings is 1. The monoisotopic (exact) mass is 312 g/mol. The fraction of sp³-hybridized carbons (Fsp3) is 0.421. The molecule has 0 unspecified atom stereocenters. The molecule has 1 N–H and O–H groups in total. The van der Waals surface area contributed by atoms with Crippen LogP contribution < -0.4 is 5.56 Å². The third kappa shape index (κ3) is 3.71. The molecule has 0 amide bonds. The highest BCUT2D eigenvalue weighted by molar-refractivity contribution is 5.67. The highest BCUT2D eigenvalue weighted by Crippen LogP contribution is 2.24. The first-order valence-corrected chi connectivity index (χ1v) is 8.29. The first kappa shape index (κ1) is 16.0. The standard InChI is InChI=1S/C19H24N2O2/c1-3-16-12-18(14(2)20-19(16)22)17-6-4-5-15(11-17)13-21-7-9-23-10-8-21/h4-6,11-12H,3,7-10,13H2,1-2H3,(H,20,22). The zero-order valence-electron chi connectivity index (χ0n) is 13.9. The van der Waals surface area contributed by atoms with Crippen LogP contribution in [0.5, 0.6) is 0 Å². The maximum atomic E-state index is 11.9. The first-order chi connectivity index (χ1) is 11.2. The van der Waals surface area contributed by atoms with Crippen LogP contribution in [0.2, 0.25) is 0 Å². The fourth-order valence-electron chi connectivity index (χ4n) is 3.08. The first-order valence-electron chi connectivity index (χ1n) is 8.29. The summed E-state index contributed by atoms with van der Waals surface area (Å²) in [7, 11) is 0. The number of morpholine rings is 1. The molecule has 3 rings (SSSR count). The van der Waals surface area contributed by atoms with Gasteiger partial charge in [0.2, 0.25) is 0 Å². The Morgan fingerprint density at radius 1 is 1.22 bits per heavy atom. The van der Waals surface area contributed by atoms with Crippen molar-refractivity contribution in [2.24, 2.45) is 0 Å². The highest BCUT2D eigenvalue weighted by atomic mass is 16.5. The second-order valence-electron chi connectivity index (χ2n) is 6.10. The minimum atomic E-state index is 0.0261. The van der Waals surface area contributed by atoms with E-state index in [2.05, 4.69) is 34.1 Å². The Hall–Kier alpha value is -1.91. The minimum Gasteiger partial charge on any atom is -0.379 e. The number of ether oxygens (including phenoxy) is 1. The fourth-order valence-corrected chi connectivity index (χ4v) is 3.08. The molecule has 2 aromatic rings. The Bertz CT molecular complexity index is 730. The largest absolute Gasteiger partial charge is 0.379 e. The summed E-state index contributed by atoms with van der Waals surface area (Å²) in [5.74, 6) is 0. The van der Waals surface area contributed by atoms with E-state index in [4.69, 9.17) is 4.74 Å². The van der Waals surface area contributed by atoms with E-state index in [9.17, 15) is 4.79 Å². The Morgan fingerprint density at radius 3 is 2.74 bits per heavy atom. The van der Waals surface area contributed by atoms with E-state index in [0.717, 1.165) is 56.1 Å². The van der Waals surface area contributed by atoms with E-state index in [1.54, 1.807) is 0 Å². The molecule has 0 spiro atoms. The molecule has 1 saturated heterocycles. The van der Waals surface area contributed by atoms with Crippen molar-refractivity contribution >= 4 is 0 Å². The molecule has 1 fully saturated rings. The Labute approximate surface area is 137 Å². The summed E-state index contributed by atoms with van der Waals surface area (Å²) >= 11 is 0. The van der Waals surface area contributed by atoms with Crippen molar-refractivity contribution in [3.05, 3.63) is 57.5 Å². The van der Waals surface area contributed by atoms with E-state index in [0.29, 0.717) is 0 Å². The number of benzene rings is 1. The van der Waals surface area contributed by atoms with Crippen molar-refractivity contribution in [2.45, 2.75) is 26.8 Å². The molecule has 0 atom stereocenters. The molecule has 0 saturated carbocycles. The SMILES string of the molecule is CCc1cc(-c2cccc(CN3CCOCC3)c2)c(C)[nH]c1=O. The third-order valence-corrected chi connectivity index (χ3v) is 4.44. The molecule has 4 heteroatoms. The number of aromatic amines is 1. The quantitative estimate of drug-likeness (QED) is 0.944. The van der Waals surface area contributed by atoms with Crippen molar-refractivity contribution in [3.63, 3.8) is 0 Å².